The molecule has 0 rings (SSSR count). The molecule has 1 unspecified atom stereocenters. The normalized spacial score (nSPS) is 12.2. The van der Waals surface area contributed by atoms with Gasteiger partial charge in [-0.25, -0.2) is 0 Å². The van der Waals surface area contributed by atoms with E-state index in [1.54, 1.807) is 0 Å². The summed E-state index contributed by atoms with van der Waals surface area (Å²) in [7, 11) is 0. The van der Waals surface area contributed by atoms with Gasteiger partial charge in [0, 0.05) is 19.3 Å². The molecule has 6 nitrogen and oxygen atoms in total. The molecular formula is C77H144O6. The molecule has 0 N–H and O–H groups in total. The number of rotatable bonds is 70. The lowest BCUT2D eigenvalue weighted by Gasteiger charge is -2.18. The van der Waals surface area contributed by atoms with Crippen molar-refractivity contribution in [2.45, 2.75) is 425 Å². The van der Waals surface area contributed by atoms with E-state index in [9.17, 15) is 14.4 Å². The van der Waals surface area contributed by atoms with Crippen LogP contribution in [-0.2, 0) is 28.6 Å². The predicted octanol–water partition coefficient (Wildman–Crippen LogP) is 25.9. The molecule has 488 valence electrons. The number of allylic oxidation sites excluding steroid dienone is 6. The Balaban J connectivity index is 4.30. The van der Waals surface area contributed by atoms with Crippen molar-refractivity contribution in [3.63, 3.8) is 0 Å². The van der Waals surface area contributed by atoms with Crippen LogP contribution in [0, 0.1) is 0 Å². The summed E-state index contributed by atoms with van der Waals surface area (Å²) in [6.45, 7) is 6.71. The molecule has 0 saturated heterocycles. The third-order valence-electron chi connectivity index (χ3n) is 17.1. The quantitative estimate of drug-likeness (QED) is 0.0261. The molecule has 1 atom stereocenters. The van der Waals surface area contributed by atoms with Gasteiger partial charge in [-0.1, -0.05) is 359 Å². The van der Waals surface area contributed by atoms with E-state index in [1.165, 1.54) is 315 Å². The minimum atomic E-state index is -0.775. The minimum absolute atomic E-state index is 0.0689. The van der Waals surface area contributed by atoms with Gasteiger partial charge in [-0.2, -0.15) is 0 Å². The lowest BCUT2D eigenvalue weighted by Crippen LogP contribution is -2.30. The van der Waals surface area contributed by atoms with Crippen molar-refractivity contribution in [2.24, 2.45) is 0 Å². The molecule has 0 aromatic rings. The molecule has 0 aliphatic heterocycles. The molecule has 0 aliphatic carbocycles. The molecule has 0 saturated carbocycles. The molecule has 0 amide bonds. The lowest BCUT2D eigenvalue weighted by molar-refractivity contribution is -0.167. The number of hydrogen-bond acceptors (Lipinski definition) is 6. The van der Waals surface area contributed by atoms with E-state index in [0.717, 1.165) is 64.2 Å². The Kier molecular flexibility index (Phi) is 70.0. The minimum Gasteiger partial charge on any atom is -0.462 e. The summed E-state index contributed by atoms with van der Waals surface area (Å²) in [6, 6.07) is 0. The third-order valence-corrected chi connectivity index (χ3v) is 17.1. The van der Waals surface area contributed by atoms with Gasteiger partial charge in [0.1, 0.15) is 13.2 Å². The highest BCUT2D eigenvalue weighted by Crippen LogP contribution is 2.19. The Labute approximate surface area is 518 Å². The Bertz CT molecular complexity index is 1380. The van der Waals surface area contributed by atoms with Crippen molar-refractivity contribution < 1.29 is 28.6 Å². The van der Waals surface area contributed by atoms with Crippen LogP contribution in [0.4, 0.5) is 0 Å². The molecule has 0 bridgehead atoms. The average molecular weight is 1170 g/mol. The maximum absolute atomic E-state index is 13.0. The van der Waals surface area contributed by atoms with Crippen molar-refractivity contribution in [1.29, 1.82) is 0 Å². The fourth-order valence-electron chi connectivity index (χ4n) is 11.5. The zero-order valence-corrected chi connectivity index (χ0v) is 56.2. The zero-order valence-electron chi connectivity index (χ0n) is 56.2. The van der Waals surface area contributed by atoms with E-state index < -0.39 is 6.10 Å². The van der Waals surface area contributed by atoms with Gasteiger partial charge in [0.25, 0.3) is 0 Å². The molecule has 0 aromatic carbocycles. The number of esters is 3. The highest BCUT2D eigenvalue weighted by Gasteiger charge is 2.20. The lowest BCUT2D eigenvalue weighted by atomic mass is 10.0. The topological polar surface area (TPSA) is 78.9 Å². The first-order valence-corrected chi connectivity index (χ1v) is 37.5. The van der Waals surface area contributed by atoms with Crippen LogP contribution in [0.5, 0.6) is 0 Å². The summed E-state index contributed by atoms with van der Waals surface area (Å²) in [5.74, 6) is -0.842. The number of hydrogen-bond donors (Lipinski definition) is 0. The van der Waals surface area contributed by atoms with E-state index in [0.29, 0.717) is 19.3 Å². The molecule has 6 heteroatoms. The maximum Gasteiger partial charge on any atom is 0.306 e. The second kappa shape index (κ2) is 72.1. The number of ether oxygens (including phenoxy) is 3. The molecule has 0 fully saturated rings. The van der Waals surface area contributed by atoms with Gasteiger partial charge in [-0.05, 0) is 77.0 Å². The van der Waals surface area contributed by atoms with Crippen LogP contribution in [0.3, 0.4) is 0 Å². The van der Waals surface area contributed by atoms with E-state index >= 15 is 0 Å². The summed E-state index contributed by atoms with van der Waals surface area (Å²) in [4.78, 5) is 38.6. The first kappa shape index (κ1) is 80.6. The standard InChI is InChI=1S/C77H144O6/c1-4-7-10-13-16-19-22-25-28-31-34-36-38-40-41-43-46-49-52-55-58-61-64-67-70-76(79)82-73-74(72-81-75(78)69-66-63-60-57-54-51-48-45-33-30-27-24-21-18-15-12-9-6-3)83-77(80)71-68-65-62-59-56-53-50-47-44-42-39-37-35-32-29-26-23-20-17-14-11-8-5-2/h23,26,30,32-33,35,74H,4-22,24-25,27-29,31,34,36-73H2,1-3H3/b26-23-,33-30-,35-32-. The van der Waals surface area contributed by atoms with E-state index in [4.69, 9.17) is 14.2 Å². The molecule has 0 radical (unpaired) electrons. The summed E-state index contributed by atoms with van der Waals surface area (Å²) < 4.78 is 17.0. The van der Waals surface area contributed by atoms with E-state index in [1.807, 2.05) is 0 Å². The highest BCUT2D eigenvalue weighted by molar-refractivity contribution is 5.71. The van der Waals surface area contributed by atoms with Gasteiger partial charge in [0.2, 0.25) is 0 Å². The monoisotopic (exact) mass is 1170 g/mol. The summed E-state index contributed by atoms with van der Waals surface area (Å²) in [6.07, 6.45) is 90.4. The average Bonchev–Trinajstić information content (AvgIpc) is 3.49. The van der Waals surface area contributed by atoms with Crippen LogP contribution in [0.1, 0.15) is 419 Å². The van der Waals surface area contributed by atoms with Gasteiger partial charge in [-0.15, -0.1) is 0 Å². The number of carbonyl (C=O) groups excluding carboxylic acids is 3. The van der Waals surface area contributed by atoms with Gasteiger partial charge >= 0.3 is 17.9 Å². The van der Waals surface area contributed by atoms with Crippen molar-refractivity contribution in [3.8, 4) is 0 Å². The van der Waals surface area contributed by atoms with Gasteiger partial charge in [0.15, 0.2) is 6.10 Å². The highest BCUT2D eigenvalue weighted by atomic mass is 16.6. The summed E-state index contributed by atoms with van der Waals surface area (Å²) >= 11 is 0. The van der Waals surface area contributed by atoms with Crippen molar-refractivity contribution in [2.75, 3.05) is 13.2 Å². The van der Waals surface area contributed by atoms with Crippen LogP contribution >= 0.6 is 0 Å². The molecule has 0 aromatic heterocycles. The van der Waals surface area contributed by atoms with Crippen LogP contribution < -0.4 is 0 Å². The van der Waals surface area contributed by atoms with Gasteiger partial charge in [0.05, 0.1) is 0 Å². The van der Waals surface area contributed by atoms with Crippen molar-refractivity contribution in [1.82, 2.24) is 0 Å². The Morgan fingerprint density at radius 3 is 0.675 bits per heavy atom. The molecule has 0 spiro atoms. The summed E-state index contributed by atoms with van der Waals surface area (Å²) in [5, 5.41) is 0. The van der Waals surface area contributed by atoms with E-state index in [2.05, 4.69) is 57.2 Å². The third kappa shape index (κ3) is 70.3. The summed E-state index contributed by atoms with van der Waals surface area (Å²) in [5.41, 5.74) is 0. The second-order valence-electron chi connectivity index (χ2n) is 25.6. The van der Waals surface area contributed by atoms with Crippen LogP contribution in [0.15, 0.2) is 36.5 Å². The first-order chi connectivity index (χ1) is 41.0. The Morgan fingerprint density at radius 2 is 0.434 bits per heavy atom. The zero-order chi connectivity index (χ0) is 59.9. The Hall–Kier alpha value is -2.37. The molecule has 0 heterocycles. The van der Waals surface area contributed by atoms with Crippen LogP contribution in [0.2, 0.25) is 0 Å². The van der Waals surface area contributed by atoms with Crippen LogP contribution in [-0.4, -0.2) is 37.2 Å². The predicted molar refractivity (Wildman–Crippen MR) is 362 cm³/mol. The maximum atomic E-state index is 13.0. The van der Waals surface area contributed by atoms with Gasteiger partial charge < -0.3 is 14.2 Å². The fourth-order valence-corrected chi connectivity index (χ4v) is 11.5. The van der Waals surface area contributed by atoms with Gasteiger partial charge in [-0.3, -0.25) is 14.4 Å². The van der Waals surface area contributed by atoms with Crippen molar-refractivity contribution >= 4 is 17.9 Å². The molecule has 0 aliphatic rings. The first-order valence-electron chi connectivity index (χ1n) is 37.5. The Morgan fingerprint density at radius 1 is 0.241 bits per heavy atom. The molecular weight excluding hydrogens is 1020 g/mol. The largest absolute Gasteiger partial charge is 0.462 e. The van der Waals surface area contributed by atoms with Crippen LogP contribution in [0.25, 0.3) is 0 Å². The fraction of sp³-hybridized carbons (Fsp3) is 0.883. The number of unbranched alkanes of at least 4 members (excludes halogenated alkanes) is 53. The van der Waals surface area contributed by atoms with E-state index in [-0.39, 0.29) is 31.1 Å². The van der Waals surface area contributed by atoms with Crippen molar-refractivity contribution in [3.05, 3.63) is 36.5 Å². The number of carbonyl (C=O) groups is 3. The second-order valence-corrected chi connectivity index (χ2v) is 25.6. The molecule has 83 heavy (non-hydrogen) atoms. The SMILES string of the molecule is CCCCCCC/C=C\C/C=C\CCCCCCCCCCCCCC(=O)OC(COC(=O)CCCCCCCCC/C=C\CCCCCCCCC)COC(=O)CCCCCCCCCCCCCCCCCCCCCCCCCC. The smallest absolute Gasteiger partial charge is 0.306 e.